The van der Waals surface area contributed by atoms with Crippen LogP contribution in [-0.4, -0.2) is 23.4 Å². The molecule has 1 aromatic carbocycles. The minimum atomic E-state index is 0.0950. The van der Waals surface area contributed by atoms with E-state index in [1.165, 1.54) is 6.42 Å². The first-order valence-electron chi connectivity index (χ1n) is 6.26. The predicted molar refractivity (Wildman–Crippen MR) is 78.0 cm³/mol. The molecule has 2 rings (SSSR count). The van der Waals surface area contributed by atoms with E-state index < -0.39 is 0 Å². The van der Waals surface area contributed by atoms with Crippen molar-refractivity contribution in [2.24, 2.45) is 5.92 Å². The normalized spacial score (nSPS) is 24.1. The monoisotopic (exact) mass is 329 g/mol. The molecule has 0 N–H and O–H groups in total. The number of carbonyl (C=O) groups is 1. The molecule has 1 aliphatic rings. The molecular formula is C14H17BrClNO. The summed E-state index contributed by atoms with van der Waals surface area (Å²) in [5.41, 5.74) is 0.695. The molecule has 0 aromatic heterocycles. The van der Waals surface area contributed by atoms with Gasteiger partial charge < -0.3 is 4.90 Å². The number of piperidine rings is 1. The number of hydrogen-bond donors (Lipinski definition) is 0. The Morgan fingerprint density at radius 1 is 1.44 bits per heavy atom. The molecule has 98 valence electrons. The fourth-order valence-corrected chi connectivity index (χ4v) is 3.29. The van der Waals surface area contributed by atoms with E-state index in [4.69, 9.17) is 11.6 Å². The third-order valence-corrected chi connectivity index (χ3v) is 4.69. The molecule has 2 unspecified atom stereocenters. The fraction of sp³-hybridized carbons (Fsp3) is 0.500. The molecule has 0 aliphatic carbocycles. The topological polar surface area (TPSA) is 20.3 Å². The zero-order valence-corrected chi connectivity index (χ0v) is 13.0. The van der Waals surface area contributed by atoms with Crippen molar-refractivity contribution in [2.45, 2.75) is 32.7 Å². The smallest absolute Gasteiger partial charge is 0.255 e. The average Bonchev–Trinajstić information content (AvgIpc) is 2.32. The Labute approximate surface area is 121 Å². The lowest BCUT2D eigenvalue weighted by atomic mass is 9.91. The molecule has 2 nitrogen and oxygen atoms in total. The first kappa shape index (κ1) is 13.9. The van der Waals surface area contributed by atoms with E-state index in [9.17, 15) is 4.79 Å². The lowest BCUT2D eigenvalue weighted by Crippen LogP contribution is -2.46. The van der Waals surface area contributed by atoms with Gasteiger partial charge in [0.1, 0.15) is 0 Å². The van der Waals surface area contributed by atoms with Crippen LogP contribution in [0.1, 0.15) is 37.0 Å². The van der Waals surface area contributed by atoms with Crippen molar-refractivity contribution in [1.82, 2.24) is 4.90 Å². The van der Waals surface area contributed by atoms with E-state index in [2.05, 4.69) is 29.8 Å². The molecule has 1 amide bonds. The predicted octanol–water partition coefficient (Wildman–Crippen LogP) is 4.36. The standard InChI is InChI=1S/C14H17BrClNO/c1-9-4-3-7-17(10(9)2)14(18)12-6-5-11(16)8-13(12)15/h5-6,8-10H,3-4,7H2,1-2H3. The minimum absolute atomic E-state index is 0.0950. The maximum atomic E-state index is 12.5. The van der Waals surface area contributed by atoms with Crippen LogP contribution < -0.4 is 0 Å². The molecule has 4 heteroatoms. The van der Waals surface area contributed by atoms with E-state index in [1.54, 1.807) is 18.2 Å². The van der Waals surface area contributed by atoms with Crippen molar-refractivity contribution in [3.8, 4) is 0 Å². The van der Waals surface area contributed by atoms with Gasteiger partial charge in [0.2, 0.25) is 0 Å². The number of nitrogens with zero attached hydrogens (tertiary/aromatic N) is 1. The Morgan fingerprint density at radius 3 is 2.83 bits per heavy atom. The Morgan fingerprint density at radius 2 is 2.17 bits per heavy atom. The second-order valence-electron chi connectivity index (χ2n) is 4.98. The van der Waals surface area contributed by atoms with Gasteiger partial charge in [-0.25, -0.2) is 0 Å². The Kier molecular flexibility index (Phi) is 4.33. The van der Waals surface area contributed by atoms with Gasteiger partial charge in [-0.2, -0.15) is 0 Å². The van der Waals surface area contributed by atoms with Crippen molar-refractivity contribution in [3.63, 3.8) is 0 Å². The number of benzene rings is 1. The van der Waals surface area contributed by atoms with Gasteiger partial charge in [0, 0.05) is 22.1 Å². The number of carbonyl (C=O) groups excluding carboxylic acids is 1. The Hall–Kier alpha value is -0.540. The highest BCUT2D eigenvalue weighted by atomic mass is 79.9. The van der Waals surface area contributed by atoms with Crippen molar-refractivity contribution in [1.29, 1.82) is 0 Å². The number of halogens is 2. The summed E-state index contributed by atoms with van der Waals surface area (Å²) in [5.74, 6) is 0.659. The van der Waals surface area contributed by atoms with Gasteiger partial charge in [-0.15, -0.1) is 0 Å². The van der Waals surface area contributed by atoms with Gasteiger partial charge in [-0.3, -0.25) is 4.79 Å². The summed E-state index contributed by atoms with van der Waals surface area (Å²) in [5, 5.41) is 0.637. The third-order valence-electron chi connectivity index (χ3n) is 3.80. The maximum Gasteiger partial charge on any atom is 0.255 e. The van der Waals surface area contributed by atoms with Crippen molar-refractivity contribution in [2.75, 3.05) is 6.54 Å². The largest absolute Gasteiger partial charge is 0.336 e. The fourth-order valence-electron chi connectivity index (χ4n) is 2.44. The van der Waals surface area contributed by atoms with Crippen LogP contribution in [0.4, 0.5) is 0 Å². The zero-order valence-electron chi connectivity index (χ0n) is 10.6. The van der Waals surface area contributed by atoms with Gasteiger partial charge in [0.15, 0.2) is 0 Å². The van der Waals surface area contributed by atoms with Crippen LogP contribution in [0.5, 0.6) is 0 Å². The number of amides is 1. The number of hydrogen-bond acceptors (Lipinski definition) is 1. The van der Waals surface area contributed by atoms with Crippen LogP contribution in [0.3, 0.4) is 0 Å². The second kappa shape index (κ2) is 5.62. The highest BCUT2D eigenvalue weighted by molar-refractivity contribution is 9.10. The van der Waals surface area contributed by atoms with E-state index in [0.717, 1.165) is 17.4 Å². The van der Waals surface area contributed by atoms with E-state index in [1.807, 2.05) is 4.90 Å². The molecule has 1 aromatic rings. The molecule has 1 fully saturated rings. The quantitative estimate of drug-likeness (QED) is 0.749. The molecule has 0 bridgehead atoms. The first-order valence-corrected chi connectivity index (χ1v) is 7.44. The molecule has 0 radical (unpaired) electrons. The summed E-state index contributed by atoms with van der Waals surface area (Å²) in [4.78, 5) is 14.5. The van der Waals surface area contributed by atoms with Crippen LogP contribution in [0.2, 0.25) is 5.02 Å². The molecule has 0 spiro atoms. The number of likely N-dealkylation sites (tertiary alicyclic amines) is 1. The minimum Gasteiger partial charge on any atom is -0.336 e. The van der Waals surface area contributed by atoms with Gasteiger partial charge in [0.05, 0.1) is 5.56 Å². The summed E-state index contributed by atoms with van der Waals surface area (Å²) < 4.78 is 0.769. The lowest BCUT2D eigenvalue weighted by Gasteiger charge is -2.38. The van der Waals surface area contributed by atoms with E-state index >= 15 is 0 Å². The van der Waals surface area contributed by atoms with Crippen LogP contribution in [-0.2, 0) is 0 Å². The summed E-state index contributed by atoms with van der Waals surface area (Å²) in [6.45, 7) is 5.19. The lowest BCUT2D eigenvalue weighted by molar-refractivity contribution is 0.0550. The molecule has 1 saturated heterocycles. The van der Waals surface area contributed by atoms with Crippen LogP contribution in [0.25, 0.3) is 0 Å². The van der Waals surface area contributed by atoms with Gasteiger partial charge >= 0.3 is 0 Å². The summed E-state index contributed by atoms with van der Waals surface area (Å²) in [6.07, 6.45) is 2.29. The van der Waals surface area contributed by atoms with Crippen molar-refractivity contribution in [3.05, 3.63) is 33.3 Å². The van der Waals surface area contributed by atoms with E-state index in [-0.39, 0.29) is 5.91 Å². The molecular weight excluding hydrogens is 314 g/mol. The second-order valence-corrected chi connectivity index (χ2v) is 6.27. The van der Waals surface area contributed by atoms with Crippen LogP contribution >= 0.6 is 27.5 Å². The molecule has 0 saturated carbocycles. The van der Waals surface area contributed by atoms with Crippen LogP contribution in [0, 0.1) is 5.92 Å². The molecule has 1 heterocycles. The van der Waals surface area contributed by atoms with E-state index in [0.29, 0.717) is 22.5 Å². The van der Waals surface area contributed by atoms with Gasteiger partial charge in [0.25, 0.3) is 5.91 Å². The summed E-state index contributed by atoms with van der Waals surface area (Å²) in [6, 6.07) is 5.62. The van der Waals surface area contributed by atoms with Gasteiger partial charge in [-0.1, -0.05) is 18.5 Å². The van der Waals surface area contributed by atoms with Crippen molar-refractivity contribution >= 4 is 33.4 Å². The van der Waals surface area contributed by atoms with Crippen molar-refractivity contribution < 1.29 is 4.79 Å². The maximum absolute atomic E-state index is 12.5. The molecule has 2 atom stereocenters. The molecule has 1 aliphatic heterocycles. The van der Waals surface area contributed by atoms with Crippen LogP contribution in [0.15, 0.2) is 22.7 Å². The SMILES string of the molecule is CC1CCCN(C(=O)c2ccc(Cl)cc2Br)C1C. The Balaban J connectivity index is 2.25. The average molecular weight is 331 g/mol. The summed E-state index contributed by atoms with van der Waals surface area (Å²) >= 11 is 9.32. The Bertz CT molecular complexity index is 463. The molecule has 18 heavy (non-hydrogen) atoms. The zero-order chi connectivity index (χ0) is 13.3. The highest BCUT2D eigenvalue weighted by Crippen LogP contribution is 2.28. The van der Waals surface area contributed by atoms with Gasteiger partial charge in [-0.05, 0) is 59.8 Å². The third kappa shape index (κ3) is 2.72. The number of rotatable bonds is 1. The summed E-state index contributed by atoms with van der Waals surface area (Å²) in [7, 11) is 0. The highest BCUT2D eigenvalue weighted by Gasteiger charge is 2.29. The first-order chi connectivity index (χ1) is 8.50.